The van der Waals surface area contributed by atoms with Gasteiger partial charge in [0.15, 0.2) is 0 Å². The van der Waals surface area contributed by atoms with Crippen molar-refractivity contribution in [2.45, 2.75) is 12.5 Å². The van der Waals surface area contributed by atoms with Crippen LogP contribution in [0.3, 0.4) is 0 Å². The zero-order valence-corrected chi connectivity index (χ0v) is 19.9. The average Bonchev–Trinajstić information content (AvgIpc) is 3.21. The van der Waals surface area contributed by atoms with Crippen molar-refractivity contribution in [2.24, 2.45) is 0 Å². The van der Waals surface area contributed by atoms with Crippen molar-refractivity contribution < 1.29 is 9.53 Å². The van der Waals surface area contributed by atoms with E-state index >= 15 is 0 Å². The van der Waals surface area contributed by atoms with Crippen molar-refractivity contribution in [3.63, 3.8) is 0 Å². The van der Waals surface area contributed by atoms with Gasteiger partial charge in [-0.2, -0.15) is 0 Å². The van der Waals surface area contributed by atoms with Crippen LogP contribution in [0.1, 0.15) is 33.9 Å². The number of aromatic nitrogens is 2. The smallest absolute Gasteiger partial charge is 0.257 e. The molecule has 1 unspecified atom stereocenters. The summed E-state index contributed by atoms with van der Waals surface area (Å²) in [6, 6.07) is 14.7. The third kappa shape index (κ3) is 4.41. The van der Waals surface area contributed by atoms with Crippen LogP contribution in [-0.4, -0.2) is 84.0 Å². The van der Waals surface area contributed by atoms with Crippen LogP contribution < -0.4 is 4.74 Å². The minimum atomic E-state index is 0.0125. The third-order valence-electron chi connectivity index (χ3n) is 6.63. The number of amides is 1. The van der Waals surface area contributed by atoms with Crippen LogP contribution in [0.25, 0.3) is 11.3 Å². The fourth-order valence-electron chi connectivity index (χ4n) is 4.96. The zero-order chi connectivity index (χ0) is 23.5. The highest BCUT2D eigenvalue weighted by Crippen LogP contribution is 2.45. The molecule has 0 spiro atoms. The van der Waals surface area contributed by atoms with E-state index in [9.17, 15) is 4.79 Å². The van der Waals surface area contributed by atoms with E-state index in [1.807, 2.05) is 31.3 Å². The molecule has 34 heavy (non-hydrogen) atoms. The van der Waals surface area contributed by atoms with Gasteiger partial charge in [0, 0.05) is 56.2 Å². The Morgan fingerprint density at radius 2 is 1.82 bits per heavy atom. The Kier molecular flexibility index (Phi) is 6.56. The predicted molar refractivity (Wildman–Crippen MR) is 132 cm³/mol. The van der Waals surface area contributed by atoms with Gasteiger partial charge in [0.05, 0.1) is 30.1 Å². The summed E-state index contributed by atoms with van der Waals surface area (Å²) in [4.78, 5) is 28.7. The number of rotatable bonds is 7. The molecule has 2 aliphatic rings. The van der Waals surface area contributed by atoms with Gasteiger partial charge in [-0.1, -0.05) is 30.3 Å². The van der Waals surface area contributed by atoms with Gasteiger partial charge in [-0.25, -0.2) is 0 Å². The molecule has 7 heteroatoms. The number of fused-ring (bicyclic) bond motifs is 3. The number of benzene rings is 1. The number of ether oxygens (including phenoxy) is 1. The first-order valence-corrected chi connectivity index (χ1v) is 11.9. The summed E-state index contributed by atoms with van der Waals surface area (Å²) in [6.45, 7) is 4.47. The molecule has 1 saturated heterocycles. The Hall–Kier alpha value is -3.29. The first-order valence-electron chi connectivity index (χ1n) is 11.9. The highest BCUT2D eigenvalue weighted by molar-refractivity contribution is 5.96. The Morgan fingerprint density at radius 3 is 2.65 bits per heavy atom. The molecule has 176 valence electrons. The Bertz CT molecular complexity index is 1110. The zero-order valence-electron chi connectivity index (χ0n) is 19.9. The maximum atomic E-state index is 13.4. The van der Waals surface area contributed by atoms with Crippen molar-refractivity contribution >= 4 is 5.91 Å². The van der Waals surface area contributed by atoms with Gasteiger partial charge in [-0.15, -0.1) is 0 Å². The molecule has 5 rings (SSSR count). The number of pyridine rings is 2. The van der Waals surface area contributed by atoms with Gasteiger partial charge in [0.1, 0.15) is 5.75 Å². The molecule has 0 saturated carbocycles. The molecule has 1 amide bonds. The lowest BCUT2D eigenvalue weighted by molar-refractivity contribution is 0.0595. The fraction of sp³-hybridized carbons (Fsp3) is 0.370. The fourth-order valence-corrected chi connectivity index (χ4v) is 4.96. The van der Waals surface area contributed by atoms with Gasteiger partial charge in [-0.3, -0.25) is 19.7 Å². The summed E-state index contributed by atoms with van der Waals surface area (Å²) in [7, 11) is 4.08. The van der Waals surface area contributed by atoms with Crippen molar-refractivity contribution in [1.29, 1.82) is 0 Å². The van der Waals surface area contributed by atoms with Crippen LogP contribution in [0.15, 0.2) is 61.1 Å². The first kappa shape index (κ1) is 22.5. The number of hydrogen-bond donors (Lipinski definition) is 0. The minimum Gasteiger partial charge on any atom is -0.491 e. The Morgan fingerprint density at radius 1 is 1.03 bits per heavy atom. The van der Waals surface area contributed by atoms with E-state index in [1.54, 1.807) is 18.5 Å². The molecule has 2 aromatic heterocycles. The van der Waals surface area contributed by atoms with Gasteiger partial charge < -0.3 is 14.5 Å². The molecule has 0 radical (unpaired) electrons. The van der Waals surface area contributed by atoms with Crippen LogP contribution >= 0.6 is 0 Å². The molecule has 0 N–H and O–H groups in total. The topological polar surface area (TPSA) is 61.8 Å². The predicted octanol–water partition coefficient (Wildman–Crippen LogP) is 3.33. The summed E-state index contributed by atoms with van der Waals surface area (Å²) in [5.74, 6) is 0.581. The molecule has 1 aliphatic carbocycles. The maximum Gasteiger partial charge on any atom is 0.257 e. The van der Waals surface area contributed by atoms with Crippen LogP contribution in [0, 0.1) is 0 Å². The number of carbonyl (C=O) groups excluding carboxylic acids is 1. The van der Waals surface area contributed by atoms with Gasteiger partial charge in [0.25, 0.3) is 5.91 Å². The van der Waals surface area contributed by atoms with E-state index in [1.165, 1.54) is 16.7 Å². The molecular weight excluding hydrogens is 426 g/mol. The minimum absolute atomic E-state index is 0.0125. The van der Waals surface area contributed by atoms with Gasteiger partial charge in [-0.05, 0) is 38.2 Å². The largest absolute Gasteiger partial charge is 0.491 e. The Labute approximate surface area is 201 Å². The van der Waals surface area contributed by atoms with Crippen molar-refractivity contribution in [2.75, 3.05) is 53.4 Å². The monoisotopic (exact) mass is 457 g/mol. The summed E-state index contributed by atoms with van der Waals surface area (Å²) in [5.41, 5.74) is 5.45. The van der Waals surface area contributed by atoms with Crippen LogP contribution in [0.5, 0.6) is 5.75 Å². The number of hydrogen-bond acceptors (Lipinski definition) is 6. The summed E-state index contributed by atoms with van der Waals surface area (Å²) in [6.07, 6.45) is 6.07. The lowest BCUT2D eigenvalue weighted by Crippen LogP contribution is -2.49. The molecule has 7 nitrogen and oxygen atoms in total. The summed E-state index contributed by atoms with van der Waals surface area (Å²) in [5, 5.41) is 0. The van der Waals surface area contributed by atoms with E-state index in [0.29, 0.717) is 31.0 Å². The number of carbonyl (C=O) groups is 1. The van der Waals surface area contributed by atoms with Crippen LogP contribution in [0.2, 0.25) is 0 Å². The van der Waals surface area contributed by atoms with Crippen molar-refractivity contribution in [3.05, 3.63) is 77.7 Å². The maximum absolute atomic E-state index is 13.4. The Balaban J connectivity index is 1.27. The van der Waals surface area contributed by atoms with Crippen LogP contribution in [0.4, 0.5) is 0 Å². The first-order chi connectivity index (χ1) is 16.6. The second kappa shape index (κ2) is 9.91. The molecule has 1 fully saturated rings. The van der Waals surface area contributed by atoms with Crippen molar-refractivity contribution in [3.8, 4) is 17.0 Å². The molecule has 0 bridgehead atoms. The second-order valence-corrected chi connectivity index (χ2v) is 9.14. The number of nitrogens with zero attached hydrogens (tertiary/aromatic N) is 5. The van der Waals surface area contributed by atoms with E-state index < -0.39 is 0 Å². The number of piperazine rings is 1. The highest BCUT2D eigenvalue weighted by atomic mass is 16.5. The molecule has 1 aliphatic heterocycles. The summed E-state index contributed by atoms with van der Waals surface area (Å²) < 4.78 is 5.93. The SMILES string of the molecule is CN(C)CCCOc1cnccc1C(=O)N1CCN(C2c3ccccc3-c3ncccc32)CC1. The third-order valence-corrected chi connectivity index (χ3v) is 6.63. The van der Waals surface area contributed by atoms with Gasteiger partial charge in [0.2, 0.25) is 0 Å². The quantitative estimate of drug-likeness (QED) is 0.507. The normalized spacial score (nSPS) is 17.5. The lowest BCUT2D eigenvalue weighted by atomic mass is 10.0. The standard InChI is InChI=1S/C27H31N5O2/c1-30(2)13-6-18-34-24-19-28-12-10-22(24)27(33)32-16-14-31(15-17-32)26-21-8-4-3-7-20(21)25-23(26)9-5-11-29-25/h3-5,7-12,19,26H,6,13-18H2,1-2H3. The van der Waals surface area contributed by atoms with Gasteiger partial charge >= 0.3 is 0 Å². The van der Waals surface area contributed by atoms with E-state index in [2.05, 4.69) is 50.1 Å². The molecule has 1 aromatic carbocycles. The molecular formula is C27H31N5O2. The van der Waals surface area contributed by atoms with E-state index in [0.717, 1.165) is 31.7 Å². The highest BCUT2D eigenvalue weighted by Gasteiger charge is 2.36. The van der Waals surface area contributed by atoms with Crippen molar-refractivity contribution in [1.82, 2.24) is 24.7 Å². The van der Waals surface area contributed by atoms with E-state index in [-0.39, 0.29) is 11.9 Å². The molecule has 3 heterocycles. The molecule has 3 aromatic rings. The average molecular weight is 458 g/mol. The summed E-state index contributed by atoms with van der Waals surface area (Å²) >= 11 is 0. The van der Waals surface area contributed by atoms with E-state index in [4.69, 9.17) is 4.74 Å². The lowest BCUT2D eigenvalue weighted by Gasteiger charge is -2.38. The molecule has 1 atom stereocenters. The van der Waals surface area contributed by atoms with Crippen LogP contribution in [-0.2, 0) is 0 Å². The second-order valence-electron chi connectivity index (χ2n) is 9.14.